The van der Waals surface area contributed by atoms with Crippen molar-refractivity contribution in [2.45, 2.75) is 6.92 Å². The van der Waals surface area contributed by atoms with E-state index in [0.29, 0.717) is 13.4 Å². The average Bonchev–Trinajstić information content (AvgIpc) is 1.69. The number of nitrogens with two attached hydrogens (primary N) is 1. The fourth-order valence-electron chi connectivity index (χ4n) is 0.233. The lowest BCUT2D eigenvalue weighted by Crippen LogP contribution is -2.24. The molecule has 0 spiro atoms. The molecule has 0 radical (unpaired) electrons. The highest BCUT2D eigenvalue weighted by molar-refractivity contribution is 4.23. The van der Waals surface area contributed by atoms with Gasteiger partial charge in [-0.05, 0) is 6.92 Å². The van der Waals surface area contributed by atoms with Gasteiger partial charge in [-0.1, -0.05) is 0 Å². The van der Waals surface area contributed by atoms with E-state index in [1.807, 2.05) is 6.92 Å². The number of ether oxygens (including phenoxy) is 1. The van der Waals surface area contributed by atoms with Crippen molar-refractivity contribution in [2.75, 3.05) is 20.0 Å². The Morgan fingerprint density at radius 1 is 1.71 bits per heavy atom. The van der Waals surface area contributed by atoms with Gasteiger partial charge in [0.2, 0.25) is 0 Å². The Bertz CT molecular complexity index is 28.9. The van der Waals surface area contributed by atoms with Crippen molar-refractivity contribution in [1.82, 2.24) is 5.32 Å². The maximum Gasteiger partial charge on any atom is 0.0974 e. The molecule has 0 unspecified atom stereocenters. The highest BCUT2D eigenvalue weighted by Crippen LogP contribution is 1.63. The molecule has 3 heteroatoms. The molecule has 0 aliphatic carbocycles. The van der Waals surface area contributed by atoms with E-state index in [4.69, 9.17) is 10.5 Å². The summed E-state index contributed by atoms with van der Waals surface area (Å²) in [7, 11) is 0. The third kappa shape index (κ3) is 5.88. The number of nitrogens with one attached hydrogen (secondary N) is 1. The molecular formula is C4H12N2O. The first-order valence-corrected chi connectivity index (χ1v) is 2.40. The minimum absolute atomic E-state index is 0.486. The van der Waals surface area contributed by atoms with Crippen LogP contribution in [0.5, 0.6) is 0 Å². The second-order valence-corrected chi connectivity index (χ2v) is 1.09. The van der Waals surface area contributed by atoms with Gasteiger partial charge in [0.1, 0.15) is 0 Å². The molecule has 0 aliphatic rings. The number of hydrogen-bond donors (Lipinski definition) is 2. The lowest BCUT2D eigenvalue weighted by atomic mass is 10.9. The van der Waals surface area contributed by atoms with E-state index < -0.39 is 0 Å². The van der Waals surface area contributed by atoms with Crippen LogP contribution in [-0.2, 0) is 4.74 Å². The van der Waals surface area contributed by atoms with Crippen molar-refractivity contribution in [3.8, 4) is 0 Å². The van der Waals surface area contributed by atoms with Crippen LogP contribution in [0.25, 0.3) is 0 Å². The SMILES string of the molecule is CCOCNCN. The quantitative estimate of drug-likeness (QED) is 0.373. The van der Waals surface area contributed by atoms with E-state index in [2.05, 4.69) is 5.32 Å². The van der Waals surface area contributed by atoms with Crippen LogP contribution in [0.15, 0.2) is 0 Å². The van der Waals surface area contributed by atoms with Gasteiger partial charge in [-0.25, -0.2) is 0 Å². The Labute approximate surface area is 43.8 Å². The summed E-state index contributed by atoms with van der Waals surface area (Å²) in [6, 6.07) is 0. The van der Waals surface area contributed by atoms with E-state index in [1.165, 1.54) is 0 Å². The Kier molecular flexibility index (Phi) is 5.78. The molecular weight excluding hydrogens is 92.1 g/mol. The molecule has 3 nitrogen and oxygen atoms in total. The maximum absolute atomic E-state index is 5.08. The molecule has 0 amide bonds. The van der Waals surface area contributed by atoms with Crippen LogP contribution >= 0.6 is 0 Å². The standard InChI is InChI=1S/C4H12N2O/c1-2-7-4-6-3-5/h6H,2-5H2,1H3. The molecule has 0 aromatic carbocycles. The van der Waals surface area contributed by atoms with Crippen molar-refractivity contribution in [1.29, 1.82) is 0 Å². The summed E-state index contributed by atoms with van der Waals surface area (Å²) in [6.45, 7) is 3.73. The van der Waals surface area contributed by atoms with Crippen LogP contribution in [0.3, 0.4) is 0 Å². The molecule has 0 aliphatic heterocycles. The maximum atomic E-state index is 5.08. The summed E-state index contributed by atoms with van der Waals surface area (Å²) in [4.78, 5) is 0. The van der Waals surface area contributed by atoms with Crippen LogP contribution in [-0.4, -0.2) is 20.0 Å². The van der Waals surface area contributed by atoms with Gasteiger partial charge < -0.3 is 10.5 Å². The summed E-state index contributed by atoms with van der Waals surface area (Å²) in [5.74, 6) is 0. The minimum Gasteiger partial charge on any atom is -0.367 e. The zero-order chi connectivity index (χ0) is 5.54. The highest BCUT2D eigenvalue weighted by Gasteiger charge is 1.75. The summed E-state index contributed by atoms with van der Waals surface area (Å²) in [6.07, 6.45) is 0. The van der Waals surface area contributed by atoms with E-state index in [0.717, 1.165) is 6.61 Å². The third-order valence-electron chi connectivity index (χ3n) is 0.553. The molecule has 0 aromatic heterocycles. The predicted molar refractivity (Wildman–Crippen MR) is 28.7 cm³/mol. The van der Waals surface area contributed by atoms with Gasteiger partial charge in [0.05, 0.1) is 6.73 Å². The Balaban J connectivity index is 2.45. The summed E-state index contributed by atoms with van der Waals surface area (Å²) in [5, 5.41) is 2.80. The van der Waals surface area contributed by atoms with Crippen molar-refractivity contribution < 1.29 is 4.74 Å². The molecule has 0 heterocycles. The highest BCUT2D eigenvalue weighted by atomic mass is 16.5. The smallest absolute Gasteiger partial charge is 0.0974 e. The summed E-state index contributed by atoms with van der Waals surface area (Å²) in [5.41, 5.74) is 5.08. The lowest BCUT2D eigenvalue weighted by Gasteiger charge is -1.97. The van der Waals surface area contributed by atoms with E-state index in [-0.39, 0.29) is 0 Å². The van der Waals surface area contributed by atoms with Gasteiger partial charge in [0.25, 0.3) is 0 Å². The first-order valence-electron chi connectivity index (χ1n) is 2.40. The lowest BCUT2D eigenvalue weighted by molar-refractivity contribution is 0.130. The van der Waals surface area contributed by atoms with Crippen molar-refractivity contribution in [3.63, 3.8) is 0 Å². The Morgan fingerprint density at radius 3 is 2.86 bits per heavy atom. The number of rotatable bonds is 4. The summed E-state index contributed by atoms with van der Waals surface area (Å²) >= 11 is 0. The minimum atomic E-state index is 0.486. The van der Waals surface area contributed by atoms with E-state index >= 15 is 0 Å². The van der Waals surface area contributed by atoms with E-state index in [9.17, 15) is 0 Å². The normalized spacial score (nSPS) is 9.43. The van der Waals surface area contributed by atoms with Crippen molar-refractivity contribution in [2.24, 2.45) is 5.73 Å². The van der Waals surface area contributed by atoms with Gasteiger partial charge in [0, 0.05) is 13.3 Å². The molecule has 0 bridgehead atoms. The molecule has 3 N–H and O–H groups in total. The number of hydrogen-bond acceptors (Lipinski definition) is 3. The zero-order valence-electron chi connectivity index (χ0n) is 4.61. The second-order valence-electron chi connectivity index (χ2n) is 1.09. The van der Waals surface area contributed by atoms with Gasteiger partial charge in [-0.2, -0.15) is 0 Å². The average molecular weight is 104 g/mol. The monoisotopic (exact) mass is 104 g/mol. The van der Waals surface area contributed by atoms with Crippen molar-refractivity contribution >= 4 is 0 Å². The van der Waals surface area contributed by atoms with Gasteiger partial charge >= 0.3 is 0 Å². The van der Waals surface area contributed by atoms with Crippen LogP contribution in [0.4, 0.5) is 0 Å². The van der Waals surface area contributed by atoms with Crippen LogP contribution in [0.2, 0.25) is 0 Å². The van der Waals surface area contributed by atoms with E-state index in [1.54, 1.807) is 0 Å². The van der Waals surface area contributed by atoms with Gasteiger partial charge in [-0.15, -0.1) is 0 Å². The molecule has 0 aromatic rings. The first kappa shape index (κ1) is 6.88. The van der Waals surface area contributed by atoms with Gasteiger partial charge in [-0.3, -0.25) is 5.32 Å². The Morgan fingerprint density at radius 2 is 2.43 bits per heavy atom. The van der Waals surface area contributed by atoms with Crippen molar-refractivity contribution in [3.05, 3.63) is 0 Å². The van der Waals surface area contributed by atoms with Crippen LogP contribution in [0, 0.1) is 0 Å². The molecule has 0 atom stereocenters. The topological polar surface area (TPSA) is 47.3 Å². The van der Waals surface area contributed by atoms with Crippen LogP contribution < -0.4 is 11.1 Å². The Hall–Kier alpha value is -0.120. The third-order valence-corrected chi connectivity index (χ3v) is 0.553. The van der Waals surface area contributed by atoms with Crippen LogP contribution in [0.1, 0.15) is 6.92 Å². The molecule has 7 heavy (non-hydrogen) atoms. The molecule has 44 valence electrons. The first-order chi connectivity index (χ1) is 3.41. The molecule has 0 rings (SSSR count). The molecule has 0 saturated heterocycles. The zero-order valence-corrected chi connectivity index (χ0v) is 4.61. The second kappa shape index (κ2) is 5.88. The fraction of sp³-hybridized carbons (Fsp3) is 1.00. The fourth-order valence-corrected chi connectivity index (χ4v) is 0.233. The summed E-state index contributed by atoms with van der Waals surface area (Å²) < 4.78 is 4.88. The molecule has 0 saturated carbocycles. The molecule has 0 fully saturated rings. The predicted octanol–water partition coefficient (Wildman–Crippen LogP) is -0.514. The largest absolute Gasteiger partial charge is 0.367 e. The van der Waals surface area contributed by atoms with Gasteiger partial charge in [0.15, 0.2) is 0 Å².